The van der Waals surface area contributed by atoms with Gasteiger partial charge >= 0.3 is 0 Å². The summed E-state index contributed by atoms with van der Waals surface area (Å²) in [5, 5.41) is 3.93. The van der Waals surface area contributed by atoms with Gasteiger partial charge in [-0.05, 0) is 65.0 Å². The van der Waals surface area contributed by atoms with Gasteiger partial charge in [-0.1, -0.05) is 72.9 Å². The second-order valence-electron chi connectivity index (χ2n) is 9.32. The maximum atomic E-state index is 13.8. The zero-order valence-corrected chi connectivity index (χ0v) is 20.1. The molecule has 0 amide bonds. The summed E-state index contributed by atoms with van der Waals surface area (Å²) in [4.78, 5) is 0. The van der Waals surface area contributed by atoms with Gasteiger partial charge in [-0.3, -0.25) is 0 Å². The van der Waals surface area contributed by atoms with Crippen molar-refractivity contribution in [1.82, 2.24) is 5.32 Å². The Labute approximate surface area is 184 Å². The van der Waals surface area contributed by atoms with Crippen molar-refractivity contribution in [3.8, 4) is 0 Å². The molecule has 0 aliphatic carbocycles. The van der Waals surface area contributed by atoms with Crippen molar-refractivity contribution in [3.63, 3.8) is 0 Å². The molecular weight excluding hydrogens is 373 g/mol. The highest BCUT2D eigenvalue weighted by molar-refractivity contribution is 5.85. The topological polar surface area (TPSA) is 21.3 Å². The SMILES string of the molecule is CCCCC(CCC)C1=C(C(C)C)NC(C(C)C)C(COC)=C1c1ccc(F)cc1. The Morgan fingerprint density at radius 2 is 1.67 bits per heavy atom. The maximum absolute atomic E-state index is 13.8. The normalized spacial score (nSPS) is 18.4. The Morgan fingerprint density at radius 1 is 1.00 bits per heavy atom. The third-order valence-corrected chi connectivity index (χ3v) is 6.20. The highest BCUT2D eigenvalue weighted by atomic mass is 19.1. The Hall–Kier alpha value is -1.61. The molecule has 0 fully saturated rings. The van der Waals surface area contributed by atoms with Crippen LogP contribution in [0.4, 0.5) is 4.39 Å². The van der Waals surface area contributed by atoms with E-state index in [1.54, 1.807) is 19.2 Å². The van der Waals surface area contributed by atoms with Gasteiger partial charge in [-0.2, -0.15) is 0 Å². The molecule has 0 aromatic heterocycles. The second-order valence-corrected chi connectivity index (χ2v) is 9.32. The molecule has 1 heterocycles. The minimum absolute atomic E-state index is 0.187. The predicted octanol–water partition coefficient (Wildman–Crippen LogP) is 7.37. The van der Waals surface area contributed by atoms with Crippen LogP contribution in [0.3, 0.4) is 0 Å². The predicted molar refractivity (Wildman–Crippen MR) is 127 cm³/mol. The minimum Gasteiger partial charge on any atom is -0.381 e. The Bertz CT molecular complexity index is 730. The number of halogens is 1. The summed E-state index contributed by atoms with van der Waals surface area (Å²) in [6.07, 6.45) is 5.95. The van der Waals surface area contributed by atoms with Crippen LogP contribution in [0.5, 0.6) is 0 Å². The van der Waals surface area contributed by atoms with Gasteiger partial charge in [-0.15, -0.1) is 0 Å². The molecule has 1 aromatic rings. The monoisotopic (exact) mass is 415 g/mol. The molecule has 1 aliphatic heterocycles. The molecule has 0 saturated heterocycles. The van der Waals surface area contributed by atoms with E-state index in [-0.39, 0.29) is 11.9 Å². The number of ether oxygens (including phenoxy) is 1. The Balaban J connectivity index is 2.80. The number of nitrogens with one attached hydrogen (secondary N) is 1. The van der Waals surface area contributed by atoms with Crippen LogP contribution >= 0.6 is 0 Å². The van der Waals surface area contributed by atoms with E-state index in [9.17, 15) is 4.39 Å². The van der Waals surface area contributed by atoms with E-state index in [1.165, 1.54) is 48.1 Å². The Kier molecular flexibility index (Phi) is 9.61. The molecule has 1 aromatic carbocycles. The fraction of sp³-hybridized carbons (Fsp3) is 0.630. The average molecular weight is 416 g/mol. The lowest BCUT2D eigenvalue weighted by Crippen LogP contribution is -2.43. The van der Waals surface area contributed by atoms with Gasteiger partial charge in [-0.25, -0.2) is 4.39 Å². The van der Waals surface area contributed by atoms with E-state index in [4.69, 9.17) is 4.74 Å². The van der Waals surface area contributed by atoms with Gasteiger partial charge in [0.15, 0.2) is 0 Å². The number of unbranched alkanes of at least 4 members (excludes halogenated alkanes) is 1. The summed E-state index contributed by atoms with van der Waals surface area (Å²) >= 11 is 0. The zero-order valence-electron chi connectivity index (χ0n) is 20.1. The van der Waals surface area contributed by atoms with Crippen molar-refractivity contribution < 1.29 is 9.13 Å². The summed E-state index contributed by atoms with van der Waals surface area (Å²) in [6, 6.07) is 7.30. The van der Waals surface area contributed by atoms with Gasteiger partial charge < -0.3 is 10.1 Å². The van der Waals surface area contributed by atoms with Crippen molar-refractivity contribution in [2.24, 2.45) is 17.8 Å². The van der Waals surface area contributed by atoms with Gasteiger partial charge in [0.25, 0.3) is 0 Å². The van der Waals surface area contributed by atoms with Gasteiger partial charge in [0.05, 0.1) is 12.6 Å². The molecule has 0 bridgehead atoms. The van der Waals surface area contributed by atoms with Crippen molar-refractivity contribution in [2.45, 2.75) is 79.7 Å². The first-order valence-corrected chi connectivity index (χ1v) is 11.8. The van der Waals surface area contributed by atoms with E-state index < -0.39 is 0 Å². The van der Waals surface area contributed by atoms with Crippen LogP contribution in [-0.2, 0) is 4.74 Å². The highest BCUT2D eigenvalue weighted by Crippen LogP contribution is 2.44. The molecule has 2 rings (SSSR count). The lowest BCUT2D eigenvalue weighted by molar-refractivity contribution is 0.213. The summed E-state index contributed by atoms with van der Waals surface area (Å²) in [5.74, 6) is 1.15. The van der Waals surface area contributed by atoms with Crippen LogP contribution in [-0.4, -0.2) is 19.8 Å². The molecule has 2 unspecified atom stereocenters. The van der Waals surface area contributed by atoms with Crippen LogP contribution in [0.15, 0.2) is 41.1 Å². The number of allylic oxidation sites excluding steroid dienone is 3. The molecule has 2 nitrogen and oxygen atoms in total. The number of rotatable bonds is 11. The standard InChI is InChI=1S/C27H42FNO/c1-8-10-12-20(11-9-2)25-24(21-13-15-22(28)16-14-21)23(17-30-7)26(18(3)4)29-27(25)19(5)6/h13-16,18-20,26,29H,8-12,17H2,1-7H3. The quantitative estimate of drug-likeness (QED) is 0.407. The van der Waals surface area contributed by atoms with Crippen molar-refractivity contribution in [1.29, 1.82) is 0 Å². The number of dihydropyridines is 1. The molecule has 2 atom stereocenters. The summed E-state index contributed by atoms with van der Waals surface area (Å²) in [6.45, 7) is 14.2. The largest absolute Gasteiger partial charge is 0.381 e. The number of methoxy groups -OCH3 is 1. The first-order chi connectivity index (χ1) is 14.3. The number of hydrogen-bond acceptors (Lipinski definition) is 2. The second kappa shape index (κ2) is 11.7. The average Bonchev–Trinajstić information content (AvgIpc) is 2.71. The van der Waals surface area contributed by atoms with Crippen LogP contribution < -0.4 is 5.32 Å². The molecule has 0 radical (unpaired) electrons. The van der Waals surface area contributed by atoms with Crippen molar-refractivity contribution >= 4 is 5.57 Å². The lowest BCUT2D eigenvalue weighted by atomic mass is 9.73. The fourth-order valence-corrected chi connectivity index (χ4v) is 4.77. The number of benzene rings is 1. The molecular formula is C27H42FNO. The Morgan fingerprint density at radius 3 is 2.17 bits per heavy atom. The fourth-order valence-electron chi connectivity index (χ4n) is 4.77. The number of hydrogen-bond donors (Lipinski definition) is 1. The molecule has 168 valence electrons. The first kappa shape index (κ1) is 24.7. The summed E-state index contributed by atoms with van der Waals surface area (Å²) in [5.41, 5.74) is 6.52. The molecule has 3 heteroatoms. The molecule has 0 spiro atoms. The highest BCUT2D eigenvalue weighted by Gasteiger charge is 2.34. The smallest absolute Gasteiger partial charge is 0.123 e. The van der Waals surface area contributed by atoms with E-state index in [2.05, 4.69) is 46.9 Å². The van der Waals surface area contributed by atoms with Crippen LogP contribution in [0.1, 0.15) is 79.2 Å². The molecule has 1 N–H and O–H groups in total. The minimum atomic E-state index is -0.187. The van der Waals surface area contributed by atoms with E-state index in [1.807, 2.05) is 12.1 Å². The third-order valence-electron chi connectivity index (χ3n) is 6.20. The molecule has 0 saturated carbocycles. The zero-order chi connectivity index (χ0) is 22.3. The lowest BCUT2D eigenvalue weighted by Gasteiger charge is -2.40. The molecule has 30 heavy (non-hydrogen) atoms. The van der Waals surface area contributed by atoms with E-state index >= 15 is 0 Å². The summed E-state index contributed by atoms with van der Waals surface area (Å²) in [7, 11) is 1.77. The van der Waals surface area contributed by atoms with Crippen LogP contribution in [0.25, 0.3) is 5.57 Å². The summed E-state index contributed by atoms with van der Waals surface area (Å²) < 4.78 is 19.5. The first-order valence-electron chi connectivity index (χ1n) is 11.8. The van der Waals surface area contributed by atoms with Crippen molar-refractivity contribution in [3.05, 3.63) is 52.5 Å². The van der Waals surface area contributed by atoms with E-state index in [0.717, 1.165) is 12.0 Å². The van der Waals surface area contributed by atoms with Crippen LogP contribution in [0.2, 0.25) is 0 Å². The van der Waals surface area contributed by atoms with Crippen molar-refractivity contribution in [2.75, 3.05) is 13.7 Å². The maximum Gasteiger partial charge on any atom is 0.123 e. The van der Waals surface area contributed by atoms with Gasteiger partial charge in [0.1, 0.15) is 5.82 Å². The van der Waals surface area contributed by atoms with Gasteiger partial charge in [0, 0.05) is 12.8 Å². The molecule has 1 aliphatic rings. The van der Waals surface area contributed by atoms with E-state index in [0.29, 0.717) is 24.4 Å². The third kappa shape index (κ3) is 5.75. The van der Waals surface area contributed by atoms with Gasteiger partial charge in [0.2, 0.25) is 0 Å². The van der Waals surface area contributed by atoms with Crippen LogP contribution in [0, 0.1) is 23.6 Å².